The van der Waals surface area contributed by atoms with Gasteiger partial charge in [-0.05, 0) is 24.3 Å². The van der Waals surface area contributed by atoms with Crippen molar-refractivity contribution in [3.05, 3.63) is 84.5 Å². The van der Waals surface area contributed by atoms with Crippen LogP contribution < -0.4 is 4.74 Å². The lowest BCUT2D eigenvalue weighted by Crippen LogP contribution is -2.15. The zero-order valence-corrected chi connectivity index (χ0v) is 12.5. The number of hydrogen-bond acceptors (Lipinski definition) is 2. The van der Waals surface area contributed by atoms with Gasteiger partial charge in [0, 0.05) is 22.4 Å². The minimum atomic E-state index is 0.134. The van der Waals surface area contributed by atoms with E-state index in [9.17, 15) is 0 Å². The summed E-state index contributed by atoms with van der Waals surface area (Å²) in [6, 6.07) is 18.8. The molecule has 1 aromatic heterocycles. The van der Waals surface area contributed by atoms with Gasteiger partial charge in [-0.1, -0.05) is 54.6 Å². The summed E-state index contributed by atoms with van der Waals surface area (Å²) in [5.41, 5.74) is 4.36. The van der Waals surface area contributed by atoms with Crippen molar-refractivity contribution in [3.8, 4) is 17.0 Å². The normalized spacial score (nSPS) is 21.0. The lowest BCUT2D eigenvalue weighted by Gasteiger charge is -2.13. The van der Waals surface area contributed by atoms with Crippen molar-refractivity contribution in [2.24, 2.45) is 0 Å². The second-order valence-electron chi connectivity index (χ2n) is 6.02. The van der Waals surface area contributed by atoms with Gasteiger partial charge >= 0.3 is 0 Å². The van der Waals surface area contributed by atoms with Gasteiger partial charge in [-0.3, -0.25) is 0 Å². The SMILES string of the molecule is C1=CC2Oc3cc(-c4ccc5ccccc5n4)ccc3C2C=C1. The average Bonchev–Trinajstić information content (AvgIpc) is 2.99. The van der Waals surface area contributed by atoms with Crippen molar-refractivity contribution in [1.82, 2.24) is 4.98 Å². The van der Waals surface area contributed by atoms with Crippen LogP contribution in [-0.2, 0) is 0 Å². The summed E-state index contributed by atoms with van der Waals surface area (Å²) in [5, 5.41) is 1.16. The molecule has 0 radical (unpaired) electrons. The van der Waals surface area contributed by atoms with Crippen LogP contribution in [0.25, 0.3) is 22.2 Å². The molecule has 2 aromatic carbocycles. The predicted molar refractivity (Wildman–Crippen MR) is 92.6 cm³/mol. The third kappa shape index (κ3) is 1.99. The van der Waals surface area contributed by atoms with Crippen molar-refractivity contribution in [2.75, 3.05) is 0 Å². The molecule has 1 aliphatic heterocycles. The predicted octanol–water partition coefficient (Wildman–Crippen LogP) is 4.87. The summed E-state index contributed by atoms with van der Waals surface area (Å²) >= 11 is 0. The number of allylic oxidation sites excluding steroid dienone is 2. The molecule has 2 nitrogen and oxygen atoms in total. The Morgan fingerprint density at radius 2 is 1.78 bits per heavy atom. The zero-order valence-electron chi connectivity index (χ0n) is 12.5. The second-order valence-corrected chi connectivity index (χ2v) is 6.02. The summed E-state index contributed by atoms with van der Waals surface area (Å²) in [6.07, 6.45) is 8.62. The standard InChI is InChI=1S/C21H15NO/c1-3-7-18-14(5-1)10-12-19(22-18)15-9-11-17-16-6-2-4-8-20(16)23-21(17)13-15/h1-13,16,20H. The monoisotopic (exact) mass is 297 g/mol. The van der Waals surface area contributed by atoms with Crippen molar-refractivity contribution in [1.29, 1.82) is 0 Å². The van der Waals surface area contributed by atoms with Crippen LogP contribution in [0.2, 0.25) is 0 Å². The smallest absolute Gasteiger partial charge is 0.128 e. The molecular formula is C21H15NO. The van der Waals surface area contributed by atoms with Gasteiger partial charge in [-0.25, -0.2) is 4.98 Å². The van der Waals surface area contributed by atoms with E-state index in [4.69, 9.17) is 9.72 Å². The van der Waals surface area contributed by atoms with E-state index < -0.39 is 0 Å². The molecule has 110 valence electrons. The Balaban J connectivity index is 1.59. The van der Waals surface area contributed by atoms with Crippen molar-refractivity contribution in [2.45, 2.75) is 12.0 Å². The molecule has 0 bridgehead atoms. The third-order valence-electron chi connectivity index (χ3n) is 4.61. The maximum Gasteiger partial charge on any atom is 0.128 e. The number of fused-ring (bicyclic) bond motifs is 4. The van der Waals surface area contributed by atoms with Crippen molar-refractivity contribution >= 4 is 10.9 Å². The molecule has 2 aliphatic rings. The highest BCUT2D eigenvalue weighted by molar-refractivity contribution is 5.81. The van der Waals surface area contributed by atoms with Gasteiger partial charge in [0.15, 0.2) is 0 Å². The van der Waals surface area contributed by atoms with Crippen LogP contribution in [0.5, 0.6) is 5.75 Å². The van der Waals surface area contributed by atoms with Gasteiger partial charge in [-0.2, -0.15) is 0 Å². The Morgan fingerprint density at radius 1 is 0.870 bits per heavy atom. The molecule has 2 unspecified atom stereocenters. The minimum Gasteiger partial charge on any atom is -0.485 e. The van der Waals surface area contributed by atoms with Crippen LogP contribution in [-0.4, -0.2) is 11.1 Å². The quantitative estimate of drug-likeness (QED) is 0.639. The Labute approximate surface area is 134 Å². The molecule has 5 rings (SSSR count). The molecule has 2 heterocycles. The minimum absolute atomic E-state index is 0.134. The first-order valence-electron chi connectivity index (χ1n) is 7.90. The van der Waals surface area contributed by atoms with Crippen LogP contribution in [0, 0.1) is 0 Å². The fraction of sp³-hybridized carbons (Fsp3) is 0.0952. The highest BCUT2D eigenvalue weighted by Crippen LogP contribution is 2.42. The third-order valence-corrected chi connectivity index (χ3v) is 4.61. The zero-order chi connectivity index (χ0) is 15.2. The number of aromatic nitrogens is 1. The first-order valence-corrected chi connectivity index (χ1v) is 7.90. The Kier molecular flexibility index (Phi) is 2.65. The first kappa shape index (κ1) is 12.7. The van der Waals surface area contributed by atoms with E-state index in [-0.39, 0.29) is 6.10 Å². The topological polar surface area (TPSA) is 22.1 Å². The molecule has 2 atom stereocenters. The fourth-order valence-corrected chi connectivity index (χ4v) is 3.42. The van der Waals surface area contributed by atoms with Crippen LogP contribution in [0.15, 0.2) is 78.9 Å². The van der Waals surface area contributed by atoms with E-state index in [0.29, 0.717) is 5.92 Å². The molecule has 0 spiro atoms. The number of ether oxygens (including phenoxy) is 1. The van der Waals surface area contributed by atoms with Crippen LogP contribution in [0.3, 0.4) is 0 Å². The number of rotatable bonds is 1. The number of hydrogen-bond donors (Lipinski definition) is 0. The number of pyridine rings is 1. The van der Waals surface area contributed by atoms with Gasteiger partial charge < -0.3 is 4.74 Å². The van der Waals surface area contributed by atoms with E-state index in [1.54, 1.807) is 0 Å². The number of benzene rings is 2. The van der Waals surface area contributed by atoms with E-state index in [2.05, 4.69) is 60.7 Å². The lowest BCUT2D eigenvalue weighted by molar-refractivity contribution is 0.269. The van der Waals surface area contributed by atoms with E-state index in [1.165, 1.54) is 5.56 Å². The Bertz CT molecular complexity index is 970. The molecule has 0 amide bonds. The molecule has 2 heteroatoms. The lowest BCUT2D eigenvalue weighted by atomic mass is 9.91. The van der Waals surface area contributed by atoms with Crippen LogP contribution in [0.1, 0.15) is 11.5 Å². The van der Waals surface area contributed by atoms with Crippen LogP contribution in [0.4, 0.5) is 0 Å². The van der Waals surface area contributed by atoms with E-state index in [1.807, 2.05) is 18.2 Å². The number of nitrogens with zero attached hydrogens (tertiary/aromatic N) is 1. The van der Waals surface area contributed by atoms with Gasteiger partial charge in [0.2, 0.25) is 0 Å². The first-order chi connectivity index (χ1) is 11.4. The fourth-order valence-electron chi connectivity index (χ4n) is 3.42. The summed E-state index contributed by atoms with van der Waals surface area (Å²) in [7, 11) is 0. The molecule has 0 N–H and O–H groups in total. The van der Waals surface area contributed by atoms with Gasteiger partial charge in [0.25, 0.3) is 0 Å². The average molecular weight is 297 g/mol. The van der Waals surface area contributed by atoms with Gasteiger partial charge in [0.1, 0.15) is 11.9 Å². The largest absolute Gasteiger partial charge is 0.485 e. The maximum absolute atomic E-state index is 6.09. The van der Waals surface area contributed by atoms with Gasteiger partial charge in [0.05, 0.1) is 11.2 Å². The van der Waals surface area contributed by atoms with Crippen molar-refractivity contribution < 1.29 is 4.74 Å². The van der Waals surface area contributed by atoms with Crippen LogP contribution >= 0.6 is 0 Å². The maximum atomic E-state index is 6.09. The highest BCUT2D eigenvalue weighted by atomic mass is 16.5. The van der Waals surface area contributed by atoms with E-state index >= 15 is 0 Å². The molecule has 0 saturated heterocycles. The molecule has 3 aromatic rings. The molecular weight excluding hydrogens is 282 g/mol. The summed E-state index contributed by atoms with van der Waals surface area (Å²) in [5.74, 6) is 1.32. The van der Waals surface area contributed by atoms with E-state index in [0.717, 1.165) is 27.9 Å². The molecule has 0 saturated carbocycles. The Hall–Kier alpha value is -2.87. The molecule has 1 aliphatic carbocycles. The summed E-state index contributed by atoms with van der Waals surface area (Å²) < 4.78 is 6.09. The molecule has 23 heavy (non-hydrogen) atoms. The Morgan fingerprint density at radius 3 is 2.78 bits per heavy atom. The highest BCUT2D eigenvalue weighted by Gasteiger charge is 2.31. The summed E-state index contributed by atoms with van der Waals surface area (Å²) in [4.78, 5) is 4.78. The molecule has 0 fully saturated rings. The number of para-hydroxylation sites is 1. The van der Waals surface area contributed by atoms with Gasteiger partial charge in [-0.15, -0.1) is 0 Å². The second kappa shape index (κ2) is 4.82. The van der Waals surface area contributed by atoms with Crippen molar-refractivity contribution in [3.63, 3.8) is 0 Å². The summed E-state index contributed by atoms with van der Waals surface area (Å²) in [6.45, 7) is 0.